The van der Waals surface area contributed by atoms with E-state index in [1.165, 1.54) is 17.6 Å². The maximum absolute atomic E-state index is 14.3. The predicted molar refractivity (Wildman–Crippen MR) is 80.9 cm³/mol. The Morgan fingerprint density at radius 1 is 1.35 bits per heavy atom. The molecular formula is C15H11ClFN3O3. The van der Waals surface area contributed by atoms with Crippen molar-refractivity contribution in [1.29, 1.82) is 0 Å². The van der Waals surface area contributed by atoms with Crippen molar-refractivity contribution in [2.45, 2.75) is 6.42 Å². The van der Waals surface area contributed by atoms with Crippen molar-refractivity contribution in [2.75, 3.05) is 0 Å². The Labute approximate surface area is 134 Å². The van der Waals surface area contributed by atoms with Crippen LogP contribution in [0.5, 0.6) is 5.75 Å². The summed E-state index contributed by atoms with van der Waals surface area (Å²) in [6, 6.07) is 7.89. The highest BCUT2D eigenvalue weighted by molar-refractivity contribution is 6.32. The molecule has 23 heavy (non-hydrogen) atoms. The number of imidazole rings is 1. The molecule has 0 saturated heterocycles. The van der Waals surface area contributed by atoms with E-state index in [9.17, 15) is 14.3 Å². The van der Waals surface area contributed by atoms with Crippen LogP contribution in [0.2, 0.25) is 5.02 Å². The number of carbonyl (C=O) groups excluding carboxylic acids is 1. The number of carbonyl (C=O) groups is 1. The number of aromatic nitrogens is 2. The SMILES string of the molecule is O=C(Cc1c(-c2ccc(Cl)c(O)c2F)nc2ccccn12)NO. The Hall–Kier alpha value is -2.64. The van der Waals surface area contributed by atoms with Gasteiger partial charge in [-0.2, -0.15) is 0 Å². The molecule has 6 nitrogen and oxygen atoms in total. The molecule has 2 heterocycles. The van der Waals surface area contributed by atoms with Crippen molar-refractivity contribution in [3.8, 4) is 17.0 Å². The van der Waals surface area contributed by atoms with Gasteiger partial charge in [0.15, 0.2) is 11.6 Å². The zero-order valence-corrected chi connectivity index (χ0v) is 12.4. The molecule has 0 radical (unpaired) electrons. The molecule has 1 aromatic carbocycles. The third-order valence-electron chi connectivity index (χ3n) is 3.40. The Morgan fingerprint density at radius 2 is 2.13 bits per heavy atom. The molecule has 3 aromatic rings. The Bertz CT molecular complexity index is 910. The lowest BCUT2D eigenvalue weighted by Crippen LogP contribution is -2.21. The topological polar surface area (TPSA) is 86.9 Å². The van der Waals surface area contributed by atoms with Crippen LogP contribution in [0, 0.1) is 5.82 Å². The van der Waals surface area contributed by atoms with E-state index in [1.807, 2.05) is 0 Å². The minimum absolute atomic E-state index is 0.0105. The molecule has 1 amide bonds. The number of pyridine rings is 1. The summed E-state index contributed by atoms with van der Waals surface area (Å²) in [5.74, 6) is -2.28. The smallest absolute Gasteiger partial charge is 0.249 e. The van der Waals surface area contributed by atoms with Gasteiger partial charge >= 0.3 is 0 Å². The molecule has 0 aliphatic heterocycles. The van der Waals surface area contributed by atoms with E-state index in [-0.39, 0.29) is 22.7 Å². The summed E-state index contributed by atoms with van der Waals surface area (Å²) in [4.78, 5) is 15.9. The second-order valence-corrected chi connectivity index (χ2v) is 5.21. The molecule has 0 aliphatic rings. The Morgan fingerprint density at radius 3 is 2.87 bits per heavy atom. The van der Waals surface area contributed by atoms with E-state index in [4.69, 9.17) is 16.8 Å². The fraction of sp³-hybridized carbons (Fsp3) is 0.0667. The van der Waals surface area contributed by atoms with E-state index in [0.29, 0.717) is 11.3 Å². The molecule has 0 saturated carbocycles. The lowest BCUT2D eigenvalue weighted by Gasteiger charge is -2.07. The van der Waals surface area contributed by atoms with Crippen LogP contribution < -0.4 is 5.48 Å². The number of fused-ring (bicyclic) bond motifs is 1. The first-order valence-corrected chi connectivity index (χ1v) is 6.97. The van der Waals surface area contributed by atoms with Crippen LogP contribution >= 0.6 is 11.6 Å². The molecule has 3 N–H and O–H groups in total. The summed E-state index contributed by atoms with van der Waals surface area (Å²) in [5.41, 5.74) is 2.60. The second-order valence-electron chi connectivity index (χ2n) is 4.81. The van der Waals surface area contributed by atoms with Crippen LogP contribution in [0.15, 0.2) is 36.5 Å². The summed E-state index contributed by atoms with van der Waals surface area (Å²) < 4.78 is 15.9. The van der Waals surface area contributed by atoms with Crippen LogP contribution in [0.1, 0.15) is 5.69 Å². The van der Waals surface area contributed by atoms with Gasteiger partial charge in [0.05, 0.1) is 22.8 Å². The normalized spacial score (nSPS) is 10.9. The summed E-state index contributed by atoms with van der Waals surface area (Å²) in [7, 11) is 0. The summed E-state index contributed by atoms with van der Waals surface area (Å²) in [6.45, 7) is 0. The number of rotatable bonds is 3. The van der Waals surface area contributed by atoms with Gasteiger partial charge in [0, 0.05) is 11.8 Å². The van der Waals surface area contributed by atoms with E-state index in [2.05, 4.69) is 4.98 Å². The van der Waals surface area contributed by atoms with Gasteiger partial charge in [-0.25, -0.2) is 14.9 Å². The third-order valence-corrected chi connectivity index (χ3v) is 3.71. The standard InChI is InChI=1S/C15H11ClFN3O3/c16-9-5-4-8(13(17)15(9)22)14-10(7-12(21)19-23)20-6-2-1-3-11(20)18-14/h1-6,22-23H,7H2,(H,19,21). The van der Waals surface area contributed by atoms with Gasteiger partial charge in [-0.1, -0.05) is 17.7 Å². The Balaban J connectivity index is 2.26. The maximum Gasteiger partial charge on any atom is 0.249 e. The lowest BCUT2D eigenvalue weighted by atomic mass is 10.1. The van der Waals surface area contributed by atoms with Gasteiger partial charge in [0.25, 0.3) is 0 Å². The van der Waals surface area contributed by atoms with E-state index >= 15 is 0 Å². The van der Waals surface area contributed by atoms with Crippen molar-refractivity contribution in [3.05, 3.63) is 53.1 Å². The molecule has 118 valence electrons. The number of hydrogen-bond acceptors (Lipinski definition) is 4. The largest absolute Gasteiger partial charge is 0.504 e. The monoisotopic (exact) mass is 335 g/mol. The van der Waals surface area contributed by atoms with Crippen LogP contribution in [0.4, 0.5) is 4.39 Å². The van der Waals surface area contributed by atoms with Crippen molar-refractivity contribution in [2.24, 2.45) is 0 Å². The fourth-order valence-corrected chi connectivity index (χ4v) is 2.49. The average molecular weight is 336 g/mol. The quantitative estimate of drug-likeness (QED) is 0.507. The summed E-state index contributed by atoms with van der Waals surface area (Å²) in [6.07, 6.45) is 1.44. The minimum Gasteiger partial charge on any atom is -0.504 e. The number of hydrogen-bond donors (Lipinski definition) is 3. The van der Waals surface area contributed by atoms with E-state index < -0.39 is 17.5 Å². The molecule has 0 fully saturated rings. The number of nitrogens with one attached hydrogen (secondary N) is 1. The van der Waals surface area contributed by atoms with Crippen molar-refractivity contribution in [3.63, 3.8) is 0 Å². The zero-order valence-electron chi connectivity index (χ0n) is 11.6. The number of phenolic OH excluding ortho intramolecular Hbond substituents is 1. The number of hydroxylamine groups is 1. The maximum atomic E-state index is 14.3. The van der Waals surface area contributed by atoms with Gasteiger partial charge < -0.3 is 9.51 Å². The van der Waals surface area contributed by atoms with Gasteiger partial charge in [-0.05, 0) is 24.3 Å². The fourth-order valence-electron chi connectivity index (χ4n) is 2.35. The van der Waals surface area contributed by atoms with E-state index in [0.717, 1.165) is 0 Å². The summed E-state index contributed by atoms with van der Waals surface area (Å²) in [5, 5.41) is 18.3. The predicted octanol–water partition coefficient (Wildman–Crippen LogP) is 2.55. The van der Waals surface area contributed by atoms with Crippen LogP contribution in [-0.4, -0.2) is 25.6 Å². The molecular weight excluding hydrogens is 325 g/mol. The highest BCUT2D eigenvalue weighted by Crippen LogP contribution is 2.35. The molecule has 0 bridgehead atoms. The van der Waals surface area contributed by atoms with Gasteiger partial charge in [-0.3, -0.25) is 10.0 Å². The molecule has 0 unspecified atom stereocenters. The first kappa shape index (κ1) is 15.3. The minimum atomic E-state index is -0.924. The van der Waals surface area contributed by atoms with E-state index in [1.54, 1.807) is 28.8 Å². The number of benzene rings is 1. The number of nitrogens with zero attached hydrogens (tertiary/aromatic N) is 2. The average Bonchev–Trinajstić information content (AvgIpc) is 2.91. The van der Waals surface area contributed by atoms with Crippen molar-refractivity contribution in [1.82, 2.24) is 14.9 Å². The number of aromatic hydroxyl groups is 1. The van der Waals surface area contributed by atoms with Crippen molar-refractivity contribution < 1.29 is 19.5 Å². The first-order valence-electron chi connectivity index (χ1n) is 6.59. The lowest BCUT2D eigenvalue weighted by molar-refractivity contribution is -0.128. The van der Waals surface area contributed by atoms with Crippen LogP contribution in [0.25, 0.3) is 16.9 Å². The number of phenols is 1. The Kier molecular flexibility index (Phi) is 3.89. The number of halogens is 2. The number of amides is 1. The van der Waals surface area contributed by atoms with Crippen LogP contribution in [-0.2, 0) is 11.2 Å². The van der Waals surface area contributed by atoms with Crippen molar-refractivity contribution >= 4 is 23.2 Å². The zero-order chi connectivity index (χ0) is 16.6. The molecule has 2 aromatic heterocycles. The van der Waals surface area contributed by atoms with Gasteiger partial charge in [0.1, 0.15) is 5.65 Å². The van der Waals surface area contributed by atoms with Gasteiger partial charge in [-0.15, -0.1) is 0 Å². The van der Waals surface area contributed by atoms with Crippen LogP contribution in [0.3, 0.4) is 0 Å². The second kappa shape index (κ2) is 5.86. The highest BCUT2D eigenvalue weighted by Gasteiger charge is 2.21. The molecule has 0 aliphatic carbocycles. The summed E-state index contributed by atoms with van der Waals surface area (Å²) >= 11 is 5.69. The first-order chi connectivity index (χ1) is 11.0. The molecule has 8 heteroatoms. The third kappa shape index (κ3) is 2.60. The molecule has 3 rings (SSSR count). The van der Waals surface area contributed by atoms with Gasteiger partial charge in [0.2, 0.25) is 5.91 Å². The molecule has 0 atom stereocenters. The molecule has 0 spiro atoms. The highest BCUT2D eigenvalue weighted by atomic mass is 35.5.